The smallest absolute Gasteiger partial charge is 0.244 e. The lowest BCUT2D eigenvalue weighted by atomic mass is 10.1. The third-order valence-corrected chi connectivity index (χ3v) is 6.64. The Morgan fingerprint density at radius 3 is 2.41 bits per heavy atom. The first-order chi connectivity index (χ1) is 16.4. The average molecular weight is 491 g/mol. The maximum atomic E-state index is 12.8. The lowest BCUT2D eigenvalue weighted by Crippen LogP contribution is -2.19. The fourth-order valence-electron chi connectivity index (χ4n) is 3.42. The van der Waals surface area contributed by atoms with Gasteiger partial charge in [-0.25, -0.2) is 0 Å². The van der Waals surface area contributed by atoms with E-state index in [1.54, 1.807) is 16.3 Å². The lowest BCUT2D eigenvalue weighted by Gasteiger charge is -2.10. The zero-order chi connectivity index (χ0) is 24.1. The Balaban J connectivity index is 1.41. The van der Waals surface area contributed by atoms with Gasteiger partial charge in [-0.1, -0.05) is 17.8 Å². The van der Waals surface area contributed by atoms with Crippen LogP contribution in [0.15, 0.2) is 76.5 Å². The highest BCUT2D eigenvalue weighted by Crippen LogP contribution is 2.30. The van der Waals surface area contributed by atoms with Gasteiger partial charge in [0.15, 0.2) is 10.6 Å². The van der Waals surface area contributed by atoms with Gasteiger partial charge < -0.3 is 10.1 Å². The molecule has 34 heavy (non-hydrogen) atoms. The third kappa shape index (κ3) is 5.76. The number of aromatic nitrogens is 3. The molecule has 174 valence electrons. The van der Waals surface area contributed by atoms with Crippen molar-refractivity contribution in [2.75, 3.05) is 11.9 Å². The normalized spacial score (nSPS) is 10.8. The number of ether oxygens (including phenoxy) is 1. The molecule has 0 saturated heterocycles. The second-order valence-electron chi connectivity index (χ2n) is 7.82. The molecule has 1 aromatic heterocycles. The van der Waals surface area contributed by atoms with Crippen LogP contribution < -0.4 is 10.1 Å². The number of benzene rings is 3. The summed E-state index contributed by atoms with van der Waals surface area (Å²) >= 11 is 7.05. The largest absolute Gasteiger partial charge is 0.494 e. The van der Waals surface area contributed by atoms with Gasteiger partial charge in [0.1, 0.15) is 12.3 Å². The number of amides is 1. The van der Waals surface area contributed by atoms with E-state index in [4.69, 9.17) is 17.0 Å². The van der Waals surface area contributed by atoms with Gasteiger partial charge in [-0.15, -0.1) is 0 Å². The van der Waals surface area contributed by atoms with Crippen LogP contribution in [0.3, 0.4) is 0 Å². The van der Waals surface area contributed by atoms with Crippen molar-refractivity contribution in [3.8, 4) is 17.1 Å². The van der Waals surface area contributed by atoms with Crippen molar-refractivity contribution in [1.29, 1.82) is 0 Å². The zero-order valence-electron chi connectivity index (χ0n) is 19.3. The summed E-state index contributed by atoms with van der Waals surface area (Å²) in [5, 5.41) is 10.0. The number of carbonyl (C=O) groups is 1. The van der Waals surface area contributed by atoms with Gasteiger partial charge in [0.2, 0.25) is 5.91 Å². The van der Waals surface area contributed by atoms with Crippen LogP contribution >= 0.6 is 24.0 Å². The SMILES string of the molecule is CCOc1ccc(-c2n[nH]c(=S)n2CC(=O)Nc2ccc(Sc3ccc(C)c(C)c3)cc2)cc1. The first kappa shape index (κ1) is 23.8. The fourth-order valence-corrected chi connectivity index (χ4v) is 4.53. The minimum Gasteiger partial charge on any atom is -0.494 e. The number of hydrogen-bond acceptors (Lipinski definition) is 5. The molecule has 1 amide bonds. The van der Waals surface area contributed by atoms with Crippen molar-refractivity contribution < 1.29 is 9.53 Å². The van der Waals surface area contributed by atoms with E-state index in [1.165, 1.54) is 16.0 Å². The monoisotopic (exact) mass is 490 g/mol. The van der Waals surface area contributed by atoms with Crippen molar-refractivity contribution >= 4 is 35.6 Å². The van der Waals surface area contributed by atoms with Crippen LogP contribution in [-0.4, -0.2) is 27.3 Å². The lowest BCUT2D eigenvalue weighted by molar-refractivity contribution is -0.116. The molecule has 8 heteroatoms. The average Bonchev–Trinajstić information content (AvgIpc) is 3.18. The predicted octanol–water partition coefficient (Wildman–Crippen LogP) is 6.41. The fraction of sp³-hybridized carbons (Fsp3) is 0.192. The molecule has 0 saturated carbocycles. The molecule has 0 aliphatic heterocycles. The molecule has 3 aromatic carbocycles. The number of anilines is 1. The van der Waals surface area contributed by atoms with Gasteiger partial charge in [0.25, 0.3) is 0 Å². The summed E-state index contributed by atoms with van der Waals surface area (Å²) in [4.78, 5) is 15.1. The molecule has 6 nitrogen and oxygen atoms in total. The minimum atomic E-state index is -0.181. The van der Waals surface area contributed by atoms with Crippen LogP contribution in [0.25, 0.3) is 11.4 Å². The van der Waals surface area contributed by atoms with E-state index in [1.807, 2.05) is 55.5 Å². The van der Waals surface area contributed by atoms with Crippen LogP contribution in [0.2, 0.25) is 0 Å². The van der Waals surface area contributed by atoms with E-state index in [0.29, 0.717) is 17.2 Å². The molecular formula is C26H26N4O2S2. The van der Waals surface area contributed by atoms with E-state index in [2.05, 4.69) is 47.6 Å². The Morgan fingerprint density at radius 1 is 1.03 bits per heavy atom. The highest BCUT2D eigenvalue weighted by molar-refractivity contribution is 7.99. The highest BCUT2D eigenvalue weighted by atomic mass is 32.2. The molecule has 0 spiro atoms. The Hall–Kier alpha value is -3.36. The number of rotatable bonds is 8. The molecule has 0 aliphatic carbocycles. The molecule has 1 heterocycles. The number of aryl methyl sites for hydroxylation is 2. The standard InChI is InChI=1S/C26H26N4O2S2/c1-4-32-21-10-6-19(7-11-21)25-28-29-26(33)30(25)16-24(31)27-20-8-13-22(14-9-20)34-23-12-5-17(2)18(3)15-23/h5-15H,4,16H2,1-3H3,(H,27,31)(H,29,33). The quantitative estimate of drug-likeness (QED) is 0.279. The van der Waals surface area contributed by atoms with Crippen LogP contribution in [0.1, 0.15) is 18.1 Å². The van der Waals surface area contributed by atoms with Gasteiger partial charge in [0.05, 0.1) is 6.61 Å². The molecule has 4 aromatic rings. The summed E-state index contributed by atoms with van der Waals surface area (Å²) < 4.78 is 7.57. The van der Waals surface area contributed by atoms with Crippen molar-refractivity contribution in [1.82, 2.24) is 14.8 Å². The van der Waals surface area contributed by atoms with Crippen molar-refractivity contribution in [3.05, 3.63) is 82.6 Å². The molecule has 4 rings (SSSR count). The summed E-state index contributed by atoms with van der Waals surface area (Å²) in [7, 11) is 0. The summed E-state index contributed by atoms with van der Waals surface area (Å²) in [5.74, 6) is 1.20. The van der Waals surface area contributed by atoms with Gasteiger partial charge in [-0.3, -0.25) is 14.5 Å². The number of carbonyl (C=O) groups excluding carboxylic acids is 1. The van der Waals surface area contributed by atoms with E-state index in [-0.39, 0.29) is 12.5 Å². The van der Waals surface area contributed by atoms with Crippen molar-refractivity contribution in [2.45, 2.75) is 37.1 Å². The number of nitrogens with one attached hydrogen (secondary N) is 2. The summed E-state index contributed by atoms with van der Waals surface area (Å²) in [6, 6.07) is 21.8. The van der Waals surface area contributed by atoms with Crippen molar-refractivity contribution in [2.24, 2.45) is 0 Å². The van der Waals surface area contributed by atoms with E-state index in [0.717, 1.165) is 21.9 Å². The highest BCUT2D eigenvalue weighted by Gasteiger charge is 2.13. The number of hydrogen-bond donors (Lipinski definition) is 2. The Labute approximate surface area is 208 Å². The molecule has 2 N–H and O–H groups in total. The van der Waals surface area contributed by atoms with E-state index < -0.39 is 0 Å². The van der Waals surface area contributed by atoms with Crippen molar-refractivity contribution in [3.63, 3.8) is 0 Å². The molecule has 0 bridgehead atoms. The molecule has 0 aliphatic rings. The molecule has 0 fully saturated rings. The Bertz CT molecular complexity index is 1340. The Morgan fingerprint density at radius 2 is 1.74 bits per heavy atom. The maximum Gasteiger partial charge on any atom is 0.244 e. The third-order valence-electron chi connectivity index (χ3n) is 5.34. The predicted molar refractivity (Wildman–Crippen MR) is 139 cm³/mol. The first-order valence-electron chi connectivity index (χ1n) is 11.0. The van der Waals surface area contributed by atoms with Gasteiger partial charge >= 0.3 is 0 Å². The van der Waals surface area contributed by atoms with Crippen LogP contribution in [-0.2, 0) is 11.3 Å². The number of H-pyrrole nitrogens is 1. The molecule has 0 radical (unpaired) electrons. The van der Waals surface area contributed by atoms with E-state index in [9.17, 15) is 4.79 Å². The molecule has 0 atom stereocenters. The summed E-state index contributed by atoms with van der Waals surface area (Å²) in [6.45, 7) is 6.82. The minimum absolute atomic E-state index is 0.0526. The Kier molecular flexibility index (Phi) is 7.49. The zero-order valence-corrected chi connectivity index (χ0v) is 20.9. The van der Waals surface area contributed by atoms with Gasteiger partial charge in [-0.2, -0.15) is 5.10 Å². The van der Waals surface area contributed by atoms with Gasteiger partial charge in [-0.05, 0) is 105 Å². The van der Waals surface area contributed by atoms with Gasteiger partial charge in [0, 0.05) is 21.0 Å². The number of aromatic amines is 1. The maximum absolute atomic E-state index is 12.8. The number of nitrogens with zero attached hydrogens (tertiary/aromatic N) is 2. The summed E-state index contributed by atoms with van der Waals surface area (Å²) in [5.41, 5.74) is 4.13. The topological polar surface area (TPSA) is 71.9 Å². The summed E-state index contributed by atoms with van der Waals surface area (Å²) in [6.07, 6.45) is 0. The van der Waals surface area contributed by atoms with Crippen LogP contribution in [0.5, 0.6) is 5.75 Å². The second-order valence-corrected chi connectivity index (χ2v) is 9.35. The van der Waals surface area contributed by atoms with Crippen LogP contribution in [0.4, 0.5) is 5.69 Å². The second kappa shape index (κ2) is 10.7. The first-order valence-corrected chi connectivity index (χ1v) is 12.2. The molecular weight excluding hydrogens is 464 g/mol. The molecule has 0 unspecified atom stereocenters. The van der Waals surface area contributed by atoms with Crippen LogP contribution in [0, 0.1) is 18.6 Å². The van der Waals surface area contributed by atoms with E-state index >= 15 is 0 Å².